The van der Waals surface area contributed by atoms with E-state index >= 15 is 0 Å². The molecule has 0 atom stereocenters. The number of nitrogens with zero attached hydrogens (tertiary/aromatic N) is 1. The summed E-state index contributed by atoms with van der Waals surface area (Å²) in [6.07, 6.45) is -4.97. The Kier molecular flexibility index (Phi) is 5.14. The normalized spacial score (nSPS) is 11.1. The lowest BCUT2D eigenvalue weighted by Crippen LogP contribution is -2.21. The number of carbonyl (C=O) groups is 1. The first-order valence-corrected chi connectivity index (χ1v) is 5.53. The number of alkyl halides is 3. The van der Waals surface area contributed by atoms with Gasteiger partial charge in [-0.05, 0) is 13.0 Å². The molecular weight excluding hydrogens is 281 g/mol. The lowest BCUT2D eigenvalue weighted by Gasteiger charge is -2.15. The van der Waals surface area contributed by atoms with E-state index < -0.39 is 23.8 Å². The second-order valence-corrected chi connectivity index (χ2v) is 3.48. The molecule has 1 rings (SSSR count). The first kappa shape index (κ1) is 16.0. The van der Waals surface area contributed by atoms with Crippen molar-refractivity contribution in [3.8, 4) is 11.6 Å². The Bertz CT molecular complexity index is 491. The Hall–Kier alpha value is -2.03. The van der Waals surface area contributed by atoms with Gasteiger partial charge in [-0.3, -0.25) is 0 Å². The standard InChI is InChI=1S/C11H13F3N2O4/c1-3-19-10(17)8-7(20-11(12,13)14)4-6(5-15)9(16-8)18-2/h4H,3,5,15H2,1-2H3. The molecule has 6 nitrogen and oxygen atoms in total. The van der Waals surface area contributed by atoms with Crippen molar-refractivity contribution in [2.75, 3.05) is 13.7 Å². The summed E-state index contributed by atoms with van der Waals surface area (Å²) in [7, 11) is 1.25. The van der Waals surface area contributed by atoms with Crippen LogP contribution in [0.15, 0.2) is 6.07 Å². The summed E-state index contributed by atoms with van der Waals surface area (Å²) in [6, 6.07) is 0.950. The third kappa shape index (κ3) is 3.98. The molecular formula is C11H13F3N2O4. The van der Waals surface area contributed by atoms with Gasteiger partial charge >= 0.3 is 12.3 Å². The summed E-state index contributed by atoms with van der Waals surface area (Å²) >= 11 is 0. The molecule has 0 amide bonds. The van der Waals surface area contributed by atoms with Crippen LogP contribution in [-0.4, -0.2) is 31.0 Å². The molecule has 2 N–H and O–H groups in total. The van der Waals surface area contributed by atoms with Gasteiger partial charge in [-0.25, -0.2) is 9.78 Å². The molecule has 0 saturated carbocycles. The van der Waals surface area contributed by atoms with E-state index in [2.05, 4.69) is 14.5 Å². The van der Waals surface area contributed by atoms with E-state index in [1.54, 1.807) is 0 Å². The Morgan fingerprint density at radius 1 is 1.45 bits per heavy atom. The van der Waals surface area contributed by atoms with E-state index in [0.29, 0.717) is 0 Å². The highest BCUT2D eigenvalue weighted by Crippen LogP contribution is 2.30. The summed E-state index contributed by atoms with van der Waals surface area (Å²) < 4.78 is 50.2. The van der Waals surface area contributed by atoms with Crippen molar-refractivity contribution >= 4 is 5.97 Å². The van der Waals surface area contributed by atoms with Crippen LogP contribution in [0.5, 0.6) is 11.6 Å². The molecule has 20 heavy (non-hydrogen) atoms. The Morgan fingerprint density at radius 2 is 2.10 bits per heavy atom. The molecule has 0 aliphatic heterocycles. The second-order valence-electron chi connectivity index (χ2n) is 3.48. The Morgan fingerprint density at radius 3 is 2.55 bits per heavy atom. The fourth-order valence-corrected chi connectivity index (χ4v) is 1.39. The quantitative estimate of drug-likeness (QED) is 0.831. The van der Waals surface area contributed by atoms with Crippen LogP contribution in [0, 0.1) is 0 Å². The van der Waals surface area contributed by atoms with Crippen LogP contribution in [0.3, 0.4) is 0 Å². The predicted octanol–water partition coefficient (Wildman–Crippen LogP) is 1.62. The van der Waals surface area contributed by atoms with Crippen molar-refractivity contribution < 1.29 is 32.2 Å². The van der Waals surface area contributed by atoms with Crippen molar-refractivity contribution in [2.24, 2.45) is 5.73 Å². The molecule has 1 aromatic heterocycles. The number of esters is 1. The van der Waals surface area contributed by atoms with Gasteiger partial charge in [0.25, 0.3) is 0 Å². The topological polar surface area (TPSA) is 83.7 Å². The van der Waals surface area contributed by atoms with Gasteiger partial charge in [0.05, 0.1) is 13.7 Å². The molecule has 0 aliphatic carbocycles. The van der Waals surface area contributed by atoms with Gasteiger partial charge in [-0.1, -0.05) is 0 Å². The molecule has 0 saturated heterocycles. The maximum absolute atomic E-state index is 12.3. The van der Waals surface area contributed by atoms with Crippen LogP contribution in [0.2, 0.25) is 0 Å². The van der Waals surface area contributed by atoms with Crippen molar-refractivity contribution in [1.29, 1.82) is 0 Å². The zero-order valence-electron chi connectivity index (χ0n) is 10.8. The molecule has 9 heteroatoms. The number of nitrogens with two attached hydrogens (primary N) is 1. The van der Waals surface area contributed by atoms with Gasteiger partial charge in [-0.15, -0.1) is 13.2 Å². The van der Waals surface area contributed by atoms with E-state index in [-0.39, 0.29) is 24.6 Å². The van der Waals surface area contributed by atoms with Crippen LogP contribution in [0.25, 0.3) is 0 Å². The third-order valence-electron chi connectivity index (χ3n) is 2.13. The number of carbonyl (C=O) groups excluding carboxylic acids is 1. The largest absolute Gasteiger partial charge is 0.573 e. The maximum atomic E-state index is 12.3. The fourth-order valence-electron chi connectivity index (χ4n) is 1.39. The third-order valence-corrected chi connectivity index (χ3v) is 2.13. The average Bonchev–Trinajstić information content (AvgIpc) is 2.36. The molecule has 0 fully saturated rings. The molecule has 0 aromatic carbocycles. The number of pyridine rings is 1. The number of ether oxygens (including phenoxy) is 3. The van der Waals surface area contributed by atoms with Gasteiger partial charge in [0.1, 0.15) is 0 Å². The minimum atomic E-state index is -4.97. The highest BCUT2D eigenvalue weighted by atomic mass is 19.4. The maximum Gasteiger partial charge on any atom is 0.573 e. The summed E-state index contributed by atoms with van der Waals surface area (Å²) in [6.45, 7) is 1.36. The smallest absolute Gasteiger partial charge is 0.481 e. The van der Waals surface area contributed by atoms with Crippen LogP contribution in [0.4, 0.5) is 13.2 Å². The first-order valence-electron chi connectivity index (χ1n) is 5.53. The van der Waals surface area contributed by atoms with E-state index in [1.165, 1.54) is 14.0 Å². The summed E-state index contributed by atoms with van der Waals surface area (Å²) in [5, 5.41) is 0. The lowest BCUT2D eigenvalue weighted by atomic mass is 10.2. The number of hydrogen-bond acceptors (Lipinski definition) is 6. The van der Waals surface area contributed by atoms with Crippen LogP contribution >= 0.6 is 0 Å². The van der Waals surface area contributed by atoms with Crippen LogP contribution in [0.1, 0.15) is 23.0 Å². The van der Waals surface area contributed by atoms with Crippen molar-refractivity contribution in [3.05, 3.63) is 17.3 Å². The number of methoxy groups -OCH3 is 1. The van der Waals surface area contributed by atoms with Gasteiger partial charge in [0, 0.05) is 12.1 Å². The zero-order valence-corrected chi connectivity index (χ0v) is 10.8. The second kappa shape index (κ2) is 6.42. The number of hydrogen-bond donors (Lipinski definition) is 1. The molecule has 0 bridgehead atoms. The molecule has 0 spiro atoms. The minimum absolute atomic E-state index is 0.0209. The van der Waals surface area contributed by atoms with Gasteiger partial charge < -0.3 is 19.9 Å². The zero-order chi connectivity index (χ0) is 15.3. The SMILES string of the molecule is CCOC(=O)c1nc(OC)c(CN)cc1OC(F)(F)F. The summed E-state index contributed by atoms with van der Waals surface area (Å²) in [4.78, 5) is 15.3. The molecule has 1 aromatic rings. The highest BCUT2D eigenvalue weighted by Gasteiger charge is 2.34. The molecule has 0 aliphatic rings. The van der Waals surface area contributed by atoms with E-state index in [4.69, 9.17) is 10.5 Å². The van der Waals surface area contributed by atoms with Crippen LogP contribution in [-0.2, 0) is 11.3 Å². The van der Waals surface area contributed by atoms with Gasteiger partial charge in [-0.2, -0.15) is 0 Å². The Labute approximate surface area is 112 Å². The lowest BCUT2D eigenvalue weighted by molar-refractivity contribution is -0.274. The molecule has 0 unspecified atom stereocenters. The minimum Gasteiger partial charge on any atom is -0.481 e. The predicted molar refractivity (Wildman–Crippen MR) is 61.3 cm³/mol. The van der Waals surface area contributed by atoms with Crippen molar-refractivity contribution in [2.45, 2.75) is 19.8 Å². The van der Waals surface area contributed by atoms with E-state index in [9.17, 15) is 18.0 Å². The van der Waals surface area contributed by atoms with E-state index in [1.807, 2.05) is 0 Å². The monoisotopic (exact) mass is 294 g/mol. The molecule has 1 heterocycles. The number of rotatable bonds is 5. The van der Waals surface area contributed by atoms with Crippen LogP contribution < -0.4 is 15.2 Å². The highest BCUT2D eigenvalue weighted by molar-refractivity contribution is 5.90. The summed E-state index contributed by atoms with van der Waals surface area (Å²) in [5.41, 5.74) is 4.91. The Balaban J connectivity index is 3.32. The van der Waals surface area contributed by atoms with E-state index in [0.717, 1.165) is 6.07 Å². The number of halogens is 3. The first-order chi connectivity index (χ1) is 9.32. The summed E-state index contributed by atoms with van der Waals surface area (Å²) in [5.74, 6) is -1.89. The fraction of sp³-hybridized carbons (Fsp3) is 0.455. The molecule has 0 radical (unpaired) electrons. The molecule has 112 valence electrons. The average molecular weight is 294 g/mol. The van der Waals surface area contributed by atoms with Gasteiger partial charge in [0.2, 0.25) is 5.88 Å². The van der Waals surface area contributed by atoms with Crippen molar-refractivity contribution in [3.63, 3.8) is 0 Å². The van der Waals surface area contributed by atoms with Crippen molar-refractivity contribution in [1.82, 2.24) is 4.98 Å². The number of aromatic nitrogens is 1. The van der Waals surface area contributed by atoms with Gasteiger partial charge in [0.15, 0.2) is 11.4 Å².